The molecule has 8 nitrogen and oxygen atoms in total. The van der Waals surface area contributed by atoms with Crippen molar-refractivity contribution in [2.45, 2.75) is 13.0 Å². The van der Waals surface area contributed by atoms with Crippen molar-refractivity contribution in [3.05, 3.63) is 65.5 Å². The number of aryl methyl sites for hydroxylation is 1. The standard InChI is InChI=1S/C21H22N4O4/c1-13-17(24-9-5-4-8-15(24)22-13)19(26)16-18(14-7-6-12-29-14)25(11-10-23(2)3)21(28)20(16)27/h4-9,12,18,26H,10-11H2,1-3H3. The van der Waals surface area contributed by atoms with Gasteiger partial charge in [0.2, 0.25) is 0 Å². The zero-order valence-corrected chi connectivity index (χ0v) is 16.5. The zero-order valence-electron chi connectivity index (χ0n) is 16.5. The number of aliphatic hydroxyl groups is 1. The van der Waals surface area contributed by atoms with Crippen LogP contribution in [0.1, 0.15) is 23.2 Å². The second-order valence-corrected chi connectivity index (χ2v) is 7.29. The van der Waals surface area contributed by atoms with E-state index in [0.29, 0.717) is 35.9 Å². The fourth-order valence-electron chi connectivity index (χ4n) is 3.69. The first-order chi connectivity index (χ1) is 13.9. The van der Waals surface area contributed by atoms with Crippen LogP contribution in [0, 0.1) is 6.92 Å². The highest BCUT2D eigenvalue weighted by Gasteiger charge is 2.47. The van der Waals surface area contributed by atoms with E-state index in [0.717, 1.165) is 0 Å². The SMILES string of the molecule is Cc1nc2ccccn2c1C(O)=C1C(=O)C(=O)N(CCN(C)C)C1c1ccco1. The first-order valence-corrected chi connectivity index (χ1v) is 9.30. The maximum atomic E-state index is 13.0. The normalized spacial score (nSPS) is 19.0. The molecule has 1 fully saturated rings. The Bertz CT molecular complexity index is 1110. The van der Waals surface area contributed by atoms with E-state index < -0.39 is 17.7 Å². The van der Waals surface area contributed by atoms with Crippen molar-refractivity contribution in [1.82, 2.24) is 19.2 Å². The number of carbonyl (C=O) groups excluding carboxylic acids is 2. The lowest BCUT2D eigenvalue weighted by molar-refractivity contribution is -0.140. The Morgan fingerprint density at radius 2 is 2.03 bits per heavy atom. The summed E-state index contributed by atoms with van der Waals surface area (Å²) in [6.45, 7) is 2.65. The third-order valence-corrected chi connectivity index (χ3v) is 5.07. The molecule has 0 bridgehead atoms. The number of pyridine rings is 1. The van der Waals surface area contributed by atoms with E-state index in [9.17, 15) is 14.7 Å². The Balaban J connectivity index is 1.90. The van der Waals surface area contributed by atoms with Gasteiger partial charge >= 0.3 is 0 Å². The van der Waals surface area contributed by atoms with Gasteiger partial charge in [0, 0.05) is 19.3 Å². The number of amides is 1. The molecule has 4 heterocycles. The van der Waals surface area contributed by atoms with E-state index >= 15 is 0 Å². The van der Waals surface area contributed by atoms with Gasteiger partial charge in [-0.15, -0.1) is 0 Å². The number of rotatable bonds is 5. The number of likely N-dealkylation sites (N-methyl/N-ethyl adjacent to an activating group) is 1. The summed E-state index contributed by atoms with van der Waals surface area (Å²) < 4.78 is 7.24. The van der Waals surface area contributed by atoms with Gasteiger partial charge in [-0.2, -0.15) is 0 Å². The van der Waals surface area contributed by atoms with Crippen LogP contribution in [0.25, 0.3) is 11.4 Å². The number of hydrogen-bond acceptors (Lipinski definition) is 6. The fraction of sp³-hybridized carbons (Fsp3) is 0.286. The molecule has 1 aliphatic heterocycles. The summed E-state index contributed by atoms with van der Waals surface area (Å²) in [5.74, 6) is -1.21. The van der Waals surface area contributed by atoms with E-state index in [1.54, 1.807) is 29.7 Å². The Morgan fingerprint density at radius 3 is 2.72 bits per heavy atom. The molecule has 3 aromatic rings. The molecular weight excluding hydrogens is 372 g/mol. The molecule has 0 spiro atoms. The third kappa shape index (κ3) is 3.11. The van der Waals surface area contributed by atoms with E-state index in [4.69, 9.17) is 4.42 Å². The lowest BCUT2D eigenvalue weighted by Crippen LogP contribution is -2.35. The van der Waals surface area contributed by atoms with Crippen LogP contribution >= 0.6 is 0 Å². The monoisotopic (exact) mass is 394 g/mol. The highest BCUT2D eigenvalue weighted by atomic mass is 16.3. The largest absolute Gasteiger partial charge is 0.505 e. The number of hydrogen-bond donors (Lipinski definition) is 1. The number of Topliss-reactive ketones (excluding diaryl/α,β-unsaturated/α-hetero) is 1. The molecule has 1 N–H and O–H groups in total. The number of aromatic nitrogens is 2. The summed E-state index contributed by atoms with van der Waals surface area (Å²) in [5, 5.41) is 11.2. The van der Waals surface area contributed by atoms with Crippen LogP contribution in [0.15, 0.2) is 52.8 Å². The molecule has 4 rings (SSSR count). The van der Waals surface area contributed by atoms with Crippen LogP contribution in [0.3, 0.4) is 0 Å². The number of furan rings is 1. The highest BCUT2D eigenvalue weighted by molar-refractivity contribution is 6.46. The maximum absolute atomic E-state index is 13.0. The van der Waals surface area contributed by atoms with Gasteiger partial charge in [-0.05, 0) is 45.3 Å². The van der Waals surface area contributed by atoms with E-state index in [1.165, 1.54) is 11.2 Å². The number of ketones is 1. The molecular formula is C21H22N4O4. The Hall–Kier alpha value is -3.39. The molecule has 1 amide bonds. The van der Waals surface area contributed by atoms with Gasteiger partial charge in [0.05, 0.1) is 17.5 Å². The lowest BCUT2D eigenvalue weighted by Gasteiger charge is -2.24. The van der Waals surface area contributed by atoms with Crippen LogP contribution in [-0.2, 0) is 9.59 Å². The summed E-state index contributed by atoms with van der Waals surface area (Å²) in [4.78, 5) is 33.6. The van der Waals surface area contributed by atoms with Gasteiger partial charge in [-0.25, -0.2) is 4.98 Å². The molecule has 1 unspecified atom stereocenters. The molecule has 150 valence electrons. The van der Waals surface area contributed by atoms with Gasteiger partial charge < -0.3 is 19.3 Å². The smallest absolute Gasteiger partial charge is 0.295 e. The maximum Gasteiger partial charge on any atom is 0.295 e. The van der Waals surface area contributed by atoms with Crippen LogP contribution in [0.4, 0.5) is 0 Å². The number of likely N-dealkylation sites (tertiary alicyclic amines) is 1. The minimum atomic E-state index is -0.793. The van der Waals surface area contributed by atoms with E-state index in [2.05, 4.69) is 4.98 Å². The van der Waals surface area contributed by atoms with E-state index in [-0.39, 0.29) is 11.3 Å². The number of carbonyl (C=O) groups is 2. The molecule has 8 heteroatoms. The van der Waals surface area contributed by atoms with Crippen molar-refractivity contribution in [2.24, 2.45) is 0 Å². The van der Waals surface area contributed by atoms with Crippen molar-refractivity contribution >= 4 is 23.1 Å². The predicted molar refractivity (Wildman–Crippen MR) is 106 cm³/mol. The minimum Gasteiger partial charge on any atom is -0.505 e. The van der Waals surface area contributed by atoms with Crippen LogP contribution in [-0.4, -0.2) is 63.2 Å². The van der Waals surface area contributed by atoms with Gasteiger partial charge in [-0.1, -0.05) is 6.07 Å². The Kier molecular flexibility index (Phi) is 4.71. The van der Waals surface area contributed by atoms with Crippen molar-refractivity contribution < 1.29 is 19.1 Å². The van der Waals surface area contributed by atoms with Crippen LogP contribution < -0.4 is 0 Å². The second-order valence-electron chi connectivity index (χ2n) is 7.29. The van der Waals surface area contributed by atoms with Gasteiger partial charge in [0.15, 0.2) is 5.76 Å². The topological polar surface area (TPSA) is 91.3 Å². The van der Waals surface area contributed by atoms with Crippen LogP contribution in [0.5, 0.6) is 0 Å². The van der Waals surface area contributed by atoms with Crippen molar-refractivity contribution in [3.8, 4) is 0 Å². The van der Waals surface area contributed by atoms with Crippen molar-refractivity contribution in [2.75, 3.05) is 27.2 Å². The number of fused-ring (bicyclic) bond motifs is 1. The summed E-state index contributed by atoms with van der Waals surface area (Å²) in [5.41, 5.74) is 1.61. The average Bonchev–Trinajstić information content (AvgIpc) is 3.37. The summed E-state index contributed by atoms with van der Waals surface area (Å²) in [6.07, 6.45) is 3.25. The van der Waals surface area contributed by atoms with Crippen molar-refractivity contribution in [3.63, 3.8) is 0 Å². The average molecular weight is 394 g/mol. The van der Waals surface area contributed by atoms with Gasteiger partial charge in [0.1, 0.15) is 23.1 Å². The quantitative estimate of drug-likeness (QED) is 0.405. The first kappa shape index (κ1) is 18.9. The Labute approximate surface area is 167 Å². The summed E-state index contributed by atoms with van der Waals surface area (Å²) in [6, 6.07) is 8.07. The molecule has 1 saturated heterocycles. The number of aliphatic hydroxyl groups excluding tert-OH is 1. The molecule has 1 aliphatic rings. The fourth-order valence-corrected chi connectivity index (χ4v) is 3.69. The second kappa shape index (κ2) is 7.21. The number of nitrogens with zero attached hydrogens (tertiary/aromatic N) is 4. The van der Waals surface area contributed by atoms with Crippen LogP contribution in [0.2, 0.25) is 0 Å². The molecule has 0 aliphatic carbocycles. The highest BCUT2D eigenvalue weighted by Crippen LogP contribution is 2.39. The molecule has 1 atom stereocenters. The number of imidazole rings is 1. The summed E-state index contributed by atoms with van der Waals surface area (Å²) in [7, 11) is 3.78. The van der Waals surface area contributed by atoms with Gasteiger partial charge in [-0.3, -0.25) is 14.0 Å². The predicted octanol–water partition coefficient (Wildman–Crippen LogP) is 2.22. The molecule has 0 aromatic carbocycles. The Morgan fingerprint density at radius 1 is 1.24 bits per heavy atom. The first-order valence-electron chi connectivity index (χ1n) is 9.30. The molecule has 3 aromatic heterocycles. The van der Waals surface area contributed by atoms with E-state index in [1.807, 2.05) is 37.2 Å². The molecule has 29 heavy (non-hydrogen) atoms. The minimum absolute atomic E-state index is 0.0115. The summed E-state index contributed by atoms with van der Waals surface area (Å²) >= 11 is 0. The third-order valence-electron chi connectivity index (χ3n) is 5.07. The molecule has 0 radical (unpaired) electrons. The van der Waals surface area contributed by atoms with Crippen molar-refractivity contribution in [1.29, 1.82) is 0 Å². The zero-order chi connectivity index (χ0) is 20.7. The van der Waals surface area contributed by atoms with Gasteiger partial charge in [0.25, 0.3) is 11.7 Å². The molecule has 0 saturated carbocycles. The lowest BCUT2D eigenvalue weighted by atomic mass is 10.0.